The number of benzene rings is 1. The van der Waals surface area contributed by atoms with Crippen LogP contribution in [0.15, 0.2) is 12.1 Å². The zero-order chi connectivity index (χ0) is 11.4. The summed E-state index contributed by atoms with van der Waals surface area (Å²) in [5.41, 5.74) is 0.673. The first-order chi connectivity index (χ1) is 7.13. The first-order valence-corrected chi connectivity index (χ1v) is 7.02. The molecule has 0 heterocycles. The zero-order valence-electron chi connectivity index (χ0n) is 9.29. The number of ketones is 1. The van der Waals surface area contributed by atoms with Crippen LogP contribution in [0.2, 0.25) is 5.82 Å². The minimum atomic E-state index is 0.0430. The molecule has 0 radical (unpaired) electrons. The molecule has 0 saturated heterocycles. The van der Waals surface area contributed by atoms with Crippen LogP contribution in [-0.4, -0.2) is 35.0 Å². The van der Waals surface area contributed by atoms with Crippen LogP contribution >= 0.6 is 0 Å². The van der Waals surface area contributed by atoms with Crippen molar-refractivity contribution in [1.29, 1.82) is 0 Å². The van der Waals surface area contributed by atoms with E-state index in [0.29, 0.717) is 11.3 Å². The molecular weight excluding hydrogens is 259 g/mol. The van der Waals surface area contributed by atoms with E-state index < -0.39 is 0 Å². The van der Waals surface area contributed by atoms with Crippen molar-refractivity contribution in [2.24, 2.45) is 0 Å². The Balaban J connectivity index is 3.35. The van der Waals surface area contributed by atoms with Gasteiger partial charge in [-0.15, -0.1) is 0 Å². The van der Waals surface area contributed by atoms with E-state index in [2.05, 4.69) is 5.82 Å². The average Bonchev–Trinajstić information content (AvgIpc) is 2.26. The molecule has 0 aliphatic rings. The molecule has 0 aromatic heterocycles. The Morgan fingerprint density at radius 3 is 2.33 bits per heavy atom. The maximum atomic E-state index is 11.3. The second-order valence-electron chi connectivity index (χ2n) is 2.97. The summed E-state index contributed by atoms with van der Waals surface area (Å²) in [6, 6.07) is 3.60. The van der Waals surface area contributed by atoms with Gasteiger partial charge in [0, 0.05) is 0 Å². The van der Waals surface area contributed by atoms with Gasteiger partial charge in [0.15, 0.2) is 0 Å². The standard InChI is InChI=1S/C11H14O3Se/c1-7(12)8-5-9(13-2)11(14-3)10(6-8)15-4/h5-6H,1-4H3. The Morgan fingerprint density at radius 1 is 1.27 bits per heavy atom. The molecule has 0 bridgehead atoms. The summed E-state index contributed by atoms with van der Waals surface area (Å²) in [4.78, 5) is 11.3. The summed E-state index contributed by atoms with van der Waals surface area (Å²) in [7, 11) is 3.19. The van der Waals surface area contributed by atoms with Gasteiger partial charge >= 0.3 is 95.6 Å². The molecule has 3 nitrogen and oxygen atoms in total. The molecule has 0 spiro atoms. The summed E-state index contributed by atoms with van der Waals surface area (Å²) >= 11 is 0.268. The average molecular weight is 273 g/mol. The molecule has 15 heavy (non-hydrogen) atoms. The van der Waals surface area contributed by atoms with E-state index in [9.17, 15) is 4.79 Å². The van der Waals surface area contributed by atoms with Crippen molar-refractivity contribution in [3.63, 3.8) is 0 Å². The van der Waals surface area contributed by atoms with Crippen LogP contribution in [0.25, 0.3) is 0 Å². The van der Waals surface area contributed by atoms with Gasteiger partial charge in [-0.25, -0.2) is 0 Å². The van der Waals surface area contributed by atoms with Gasteiger partial charge in [-0.1, -0.05) is 0 Å². The second-order valence-corrected chi connectivity index (χ2v) is 4.75. The van der Waals surface area contributed by atoms with E-state index in [1.54, 1.807) is 27.2 Å². The topological polar surface area (TPSA) is 35.5 Å². The Labute approximate surface area is 95.9 Å². The number of hydrogen-bond donors (Lipinski definition) is 0. The normalized spacial score (nSPS) is 9.87. The molecule has 4 heteroatoms. The molecule has 0 atom stereocenters. The van der Waals surface area contributed by atoms with Gasteiger partial charge in [-0.2, -0.15) is 0 Å². The van der Waals surface area contributed by atoms with Gasteiger partial charge in [0.2, 0.25) is 0 Å². The monoisotopic (exact) mass is 274 g/mol. The molecule has 0 saturated carbocycles. The maximum absolute atomic E-state index is 11.3. The van der Waals surface area contributed by atoms with E-state index in [4.69, 9.17) is 9.47 Å². The summed E-state index contributed by atoms with van der Waals surface area (Å²) in [5, 5.41) is 0. The van der Waals surface area contributed by atoms with Crippen molar-refractivity contribution in [2.75, 3.05) is 14.2 Å². The van der Waals surface area contributed by atoms with E-state index in [-0.39, 0.29) is 20.7 Å². The second kappa shape index (κ2) is 5.19. The van der Waals surface area contributed by atoms with Crippen LogP contribution in [0.4, 0.5) is 0 Å². The summed E-state index contributed by atoms with van der Waals surface area (Å²) in [6.45, 7) is 1.55. The number of Topliss-reactive ketones (excluding diaryl/α,β-unsaturated/α-hetero) is 1. The summed E-state index contributed by atoms with van der Waals surface area (Å²) in [5.74, 6) is 3.49. The van der Waals surface area contributed by atoms with Crippen LogP contribution in [0.5, 0.6) is 11.5 Å². The third-order valence-electron chi connectivity index (χ3n) is 2.07. The number of carbonyl (C=O) groups is 1. The Hall–Kier alpha value is -0.991. The first kappa shape index (κ1) is 12.1. The zero-order valence-corrected chi connectivity index (χ0v) is 11.0. The Bertz CT molecular complexity index is 349. The number of methoxy groups -OCH3 is 2. The first-order valence-electron chi connectivity index (χ1n) is 4.45. The summed E-state index contributed by atoms with van der Waals surface area (Å²) < 4.78 is 11.5. The van der Waals surface area contributed by atoms with Crippen molar-refractivity contribution >= 4 is 25.2 Å². The van der Waals surface area contributed by atoms with E-state index in [0.717, 1.165) is 10.2 Å². The van der Waals surface area contributed by atoms with Gasteiger partial charge in [-0.3, -0.25) is 0 Å². The van der Waals surface area contributed by atoms with Gasteiger partial charge < -0.3 is 0 Å². The van der Waals surface area contributed by atoms with Crippen LogP contribution in [-0.2, 0) is 0 Å². The van der Waals surface area contributed by atoms with Crippen LogP contribution in [0.1, 0.15) is 17.3 Å². The number of ether oxygens (including phenoxy) is 2. The minimum absolute atomic E-state index is 0.0430. The van der Waals surface area contributed by atoms with Crippen molar-refractivity contribution in [3.8, 4) is 11.5 Å². The number of carbonyl (C=O) groups excluding carboxylic acids is 1. The van der Waals surface area contributed by atoms with Crippen LogP contribution in [0.3, 0.4) is 0 Å². The molecule has 0 unspecified atom stereocenters. The fourth-order valence-corrected chi connectivity index (χ4v) is 2.57. The molecule has 0 fully saturated rings. The van der Waals surface area contributed by atoms with E-state index >= 15 is 0 Å². The third kappa shape index (κ3) is 2.52. The molecule has 0 N–H and O–H groups in total. The fraction of sp³-hybridized carbons (Fsp3) is 0.364. The predicted octanol–water partition coefficient (Wildman–Crippen LogP) is 1.28. The Kier molecular flexibility index (Phi) is 4.18. The predicted molar refractivity (Wildman–Crippen MR) is 60.8 cm³/mol. The Morgan fingerprint density at radius 2 is 1.93 bits per heavy atom. The molecule has 0 aliphatic carbocycles. The SMILES string of the molecule is COc1cc(C(C)=O)cc([Se]C)c1OC. The van der Waals surface area contributed by atoms with Crippen LogP contribution in [0, 0.1) is 0 Å². The van der Waals surface area contributed by atoms with Gasteiger partial charge in [0.25, 0.3) is 0 Å². The van der Waals surface area contributed by atoms with Crippen LogP contribution < -0.4 is 13.9 Å². The third-order valence-corrected chi connectivity index (χ3v) is 3.63. The molecular formula is C11H14O3Se. The van der Waals surface area contributed by atoms with E-state index in [1.165, 1.54) is 0 Å². The number of rotatable bonds is 4. The molecule has 1 aromatic rings. The van der Waals surface area contributed by atoms with Gasteiger partial charge in [-0.05, 0) is 0 Å². The number of hydrogen-bond acceptors (Lipinski definition) is 3. The van der Waals surface area contributed by atoms with Crippen molar-refractivity contribution < 1.29 is 14.3 Å². The summed E-state index contributed by atoms with van der Waals surface area (Å²) in [6.07, 6.45) is 0. The molecule has 1 rings (SSSR count). The van der Waals surface area contributed by atoms with E-state index in [1.807, 2.05) is 6.07 Å². The van der Waals surface area contributed by atoms with Gasteiger partial charge in [0.1, 0.15) is 0 Å². The molecule has 0 amide bonds. The quantitative estimate of drug-likeness (QED) is 0.612. The molecule has 82 valence electrons. The van der Waals surface area contributed by atoms with Crippen molar-refractivity contribution in [1.82, 2.24) is 0 Å². The van der Waals surface area contributed by atoms with Crippen molar-refractivity contribution in [3.05, 3.63) is 17.7 Å². The van der Waals surface area contributed by atoms with Gasteiger partial charge in [0.05, 0.1) is 0 Å². The molecule has 0 aliphatic heterocycles. The fourth-order valence-electron chi connectivity index (χ4n) is 1.28. The molecule has 1 aromatic carbocycles. The van der Waals surface area contributed by atoms with Crippen molar-refractivity contribution in [2.45, 2.75) is 12.7 Å².